The molecule has 0 saturated carbocycles. The summed E-state index contributed by atoms with van der Waals surface area (Å²) in [5.41, 5.74) is 0.799. The molecular formula is C13H16ClF3N2O2S. The van der Waals surface area contributed by atoms with E-state index in [0.29, 0.717) is 6.54 Å². The molecule has 9 heteroatoms. The minimum Gasteiger partial charge on any atom is -0.484 e. The van der Waals surface area contributed by atoms with Crippen LogP contribution in [0.4, 0.5) is 13.2 Å². The number of carbonyl (C=O) groups is 1. The second-order valence-electron chi connectivity index (χ2n) is 4.54. The van der Waals surface area contributed by atoms with Crippen LogP contribution in [0.5, 0.6) is 5.75 Å². The summed E-state index contributed by atoms with van der Waals surface area (Å²) in [7, 11) is 0. The van der Waals surface area contributed by atoms with E-state index in [1.54, 1.807) is 23.9 Å². The molecule has 1 atom stereocenters. The molecule has 1 fully saturated rings. The first-order valence-corrected chi connectivity index (χ1v) is 7.47. The Hall–Kier alpha value is -1.12. The fourth-order valence-electron chi connectivity index (χ4n) is 1.74. The number of ether oxygens (including phenoxy) is 1. The third-order valence-electron chi connectivity index (χ3n) is 2.83. The summed E-state index contributed by atoms with van der Waals surface area (Å²) in [6.45, 7) is -0.977. The number of amides is 1. The fraction of sp³-hybridized carbons (Fsp3) is 0.462. The van der Waals surface area contributed by atoms with Crippen LogP contribution in [-0.4, -0.2) is 36.4 Å². The van der Waals surface area contributed by atoms with E-state index in [9.17, 15) is 18.0 Å². The van der Waals surface area contributed by atoms with Crippen LogP contribution in [0.15, 0.2) is 24.3 Å². The number of hydrogen-bond donors (Lipinski definition) is 2. The van der Waals surface area contributed by atoms with Gasteiger partial charge in [0, 0.05) is 18.2 Å². The van der Waals surface area contributed by atoms with Crippen molar-refractivity contribution in [3.8, 4) is 5.75 Å². The molecule has 1 aromatic rings. The van der Waals surface area contributed by atoms with Crippen molar-refractivity contribution in [3.63, 3.8) is 0 Å². The number of alkyl halides is 3. The first-order chi connectivity index (χ1) is 9.94. The minimum atomic E-state index is -4.35. The van der Waals surface area contributed by atoms with Gasteiger partial charge in [0.15, 0.2) is 6.61 Å². The van der Waals surface area contributed by atoms with Crippen molar-refractivity contribution in [2.75, 3.05) is 18.2 Å². The molecule has 1 heterocycles. The topological polar surface area (TPSA) is 50.4 Å². The van der Waals surface area contributed by atoms with E-state index < -0.39 is 12.8 Å². The van der Waals surface area contributed by atoms with Crippen molar-refractivity contribution in [2.45, 2.75) is 18.8 Å². The Labute approximate surface area is 136 Å². The van der Waals surface area contributed by atoms with E-state index >= 15 is 0 Å². The molecule has 1 aliphatic heterocycles. The van der Waals surface area contributed by atoms with E-state index in [0.717, 1.165) is 17.2 Å². The number of hydrogen-bond acceptors (Lipinski definition) is 4. The van der Waals surface area contributed by atoms with Crippen molar-refractivity contribution in [1.29, 1.82) is 0 Å². The zero-order valence-electron chi connectivity index (χ0n) is 11.5. The summed E-state index contributed by atoms with van der Waals surface area (Å²) in [5, 5.41) is 5.84. The van der Waals surface area contributed by atoms with Crippen LogP contribution in [0, 0.1) is 0 Å². The van der Waals surface area contributed by atoms with Gasteiger partial charge in [-0.15, -0.1) is 24.2 Å². The summed E-state index contributed by atoms with van der Waals surface area (Å²) in [6, 6.07) is 5.99. The highest BCUT2D eigenvalue weighted by Crippen LogP contribution is 2.18. The average molecular weight is 357 g/mol. The van der Waals surface area contributed by atoms with Gasteiger partial charge in [-0.2, -0.15) is 13.2 Å². The van der Waals surface area contributed by atoms with Gasteiger partial charge in [0.25, 0.3) is 0 Å². The van der Waals surface area contributed by atoms with Crippen molar-refractivity contribution < 1.29 is 22.7 Å². The number of thioether (sulfide) groups is 1. The summed E-state index contributed by atoms with van der Waals surface area (Å²) in [5.74, 6) is 1.59. The predicted molar refractivity (Wildman–Crippen MR) is 81.3 cm³/mol. The van der Waals surface area contributed by atoms with Gasteiger partial charge < -0.3 is 10.1 Å². The van der Waals surface area contributed by atoms with Gasteiger partial charge in [0.05, 0.1) is 6.04 Å². The molecule has 1 aliphatic rings. The van der Waals surface area contributed by atoms with Gasteiger partial charge >= 0.3 is 6.18 Å². The largest absolute Gasteiger partial charge is 0.484 e. The average Bonchev–Trinajstić information content (AvgIpc) is 2.97. The number of nitrogens with one attached hydrogen (secondary N) is 2. The van der Waals surface area contributed by atoms with Crippen molar-refractivity contribution >= 4 is 30.1 Å². The quantitative estimate of drug-likeness (QED) is 0.850. The normalized spacial score (nSPS) is 17.7. The van der Waals surface area contributed by atoms with Crippen LogP contribution in [0.1, 0.15) is 5.56 Å². The van der Waals surface area contributed by atoms with Crippen LogP contribution in [0.25, 0.3) is 0 Å². The van der Waals surface area contributed by atoms with E-state index in [2.05, 4.69) is 15.4 Å². The lowest BCUT2D eigenvalue weighted by atomic mass is 10.2. The molecular weight excluding hydrogens is 341 g/mol. The standard InChI is InChI=1S/C13H15F3N2O2S.ClH/c14-13(15,16)7-20-10-3-1-9(2-4-10)5-17-12(19)11-6-21-8-18-11;/h1-4,11,18H,5-8H2,(H,17,19);1H/t11-;/m1./s1. The SMILES string of the molecule is Cl.O=C(NCc1ccc(OCC(F)(F)F)cc1)[C@H]1CSCN1. The van der Waals surface area contributed by atoms with Crippen LogP contribution in [0.2, 0.25) is 0 Å². The Balaban J connectivity index is 0.00000242. The van der Waals surface area contributed by atoms with E-state index in [1.807, 2.05) is 0 Å². The fourth-order valence-corrected chi connectivity index (χ4v) is 2.69. The molecule has 0 aliphatic carbocycles. The maximum absolute atomic E-state index is 12.0. The molecule has 1 amide bonds. The van der Waals surface area contributed by atoms with E-state index in [-0.39, 0.29) is 30.1 Å². The smallest absolute Gasteiger partial charge is 0.422 e. The molecule has 0 radical (unpaired) electrons. The number of benzene rings is 1. The molecule has 1 saturated heterocycles. The van der Waals surface area contributed by atoms with E-state index in [4.69, 9.17) is 0 Å². The molecule has 4 nitrogen and oxygen atoms in total. The molecule has 1 aromatic carbocycles. The number of carbonyl (C=O) groups excluding carboxylic acids is 1. The van der Waals surface area contributed by atoms with Crippen molar-refractivity contribution in [1.82, 2.24) is 10.6 Å². The maximum Gasteiger partial charge on any atom is 0.422 e. The zero-order chi connectivity index (χ0) is 15.3. The molecule has 22 heavy (non-hydrogen) atoms. The Bertz CT molecular complexity index is 479. The molecule has 0 unspecified atom stereocenters. The van der Waals surface area contributed by atoms with Gasteiger partial charge in [0.2, 0.25) is 5.91 Å². The molecule has 124 valence electrons. The highest BCUT2D eigenvalue weighted by atomic mass is 35.5. The lowest BCUT2D eigenvalue weighted by molar-refractivity contribution is -0.153. The van der Waals surface area contributed by atoms with E-state index in [1.165, 1.54) is 12.1 Å². The minimum absolute atomic E-state index is 0. The third kappa shape index (κ3) is 6.33. The van der Waals surface area contributed by atoms with Crippen LogP contribution >= 0.6 is 24.2 Å². The summed E-state index contributed by atoms with van der Waals surface area (Å²) in [4.78, 5) is 11.8. The summed E-state index contributed by atoms with van der Waals surface area (Å²) in [6.07, 6.45) is -4.35. The Morgan fingerprint density at radius 2 is 2.05 bits per heavy atom. The number of rotatable bonds is 5. The Morgan fingerprint density at radius 1 is 1.36 bits per heavy atom. The first-order valence-electron chi connectivity index (χ1n) is 6.31. The third-order valence-corrected chi connectivity index (χ3v) is 3.77. The Kier molecular flexibility index (Phi) is 7.31. The highest BCUT2D eigenvalue weighted by Gasteiger charge is 2.28. The van der Waals surface area contributed by atoms with Crippen LogP contribution in [-0.2, 0) is 11.3 Å². The van der Waals surface area contributed by atoms with Crippen LogP contribution in [0.3, 0.4) is 0 Å². The molecule has 0 spiro atoms. The van der Waals surface area contributed by atoms with Gasteiger partial charge in [-0.3, -0.25) is 10.1 Å². The van der Waals surface area contributed by atoms with Crippen LogP contribution < -0.4 is 15.4 Å². The van der Waals surface area contributed by atoms with Gasteiger partial charge in [-0.1, -0.05) is 12.1 Å². The molecule has 2 N–H and O–H groups in total. The highest BCUT2D eigenvalue weighted by molar-refractivity contribution is 7.99. The summed E-state index contributed by atoms with van der Waals surface area (Å²) >= 11 is 1.66. The van der Waals surface area contributed by atoms with Crippen molar-refractivity contribution in [3.05, 3.63) is 29.8 Å². The van der Waals surface area contributed by atoms with Gasteiger partial charge in [-0.05, 0) is 17.7 Å². The monoisotopic (exact) mass is 356 g/mol. The lowest BCUT2D eigenvalue weighted by Gasteiger charge is -2.11. The molecule has 0 aromatic heterocycles. The van der Waals surface area contributed by atoms with Gasteiger partial charge in [0.1, 0.15) is 5.75 Å². The molecule has 0 bridgehead atoms. The maximum atomic E-state index is 12.0. The number of halogens is 4. The first kappa shape index (κ1) is 18.9. The predicted octanol–water partition coefficient (Wildman–Crippen LogP) is 2.33. The lowest BCUT2D eigenvalue weighted by Crippen LogP contribution is -2.41. The Morgan fingerprint density at radius 3 is 2.59 bits per heavy atom. The molecule has 2 rings (SSSR count). The van der Waals surface area contributed by atoms with Crippen molar-refractivity contribution in [2.24, 2.45) is 0 Å². The second-order valence-corrected chi connectivity index (χ2v) is 5.57. The van der Waals surface area contributed by atoms with Gasteiger partial charge in [-0.25, -0.2) is 0 Å². The second kappa shape index (κ2) is 8.50. The zero-order valence-corrected chi connectivity index (χ0v) is 13.1. The summed E-state index contributed by atoms with van der Waals surface area (Å²) < 4.78 is 40.6.